The van der Waals surface area contributed by atoms with Gasteiger partial charge in [0.15, 0.2) is 5.82 Å². The van der Waals surface area contributed by atoms with Crippen LogP contribution in [0.3, 0.4) is 0 Å². The normalized spacial score (nSPS) is 21.7. The van der Waals surface area contributed by atoms with Crippen molar-refractivity contribution in [1.82, 2.24) is 20.1 Å². The maximum atomic E-state index is 11.8. The van der Waals surface area contributed by atoms with Gasteiger partial charge in [-0.3, -0.25) is 4.79 Å². The molecule has 1 aliphatic carbocycles. The summed E-state index contributed by atoms with van der Waals surface area (Å²) < 4.78 is 13.0. The second-order valence-corrected chi connectivity index (χ2v) is 7.43. The van der Waals surface area contributed by atoms with E-state index in [2.05, 4.69) is 17.3 Å². The van der Waals surface area contributed by atoms with Gasteiger partial charge in [0.2, 0.25) is 5.91 Å². The largest absolute Gasteiger partial charge is 0.497 e. The number of benzene rings is 1. The zero-order valence-electron chi connectivity index (χ0n) is 17.4. The van der Waals surface area contributed by atoms with Crippen LogP contribution in [0.1, 0.15) is 50.2 Å². The molecule has 0 bridgehead atoms. The van der Waals surface area contributed by atoms with Gasteiger partial charge in [-0.1, -0.05) is 6.92 Å². The van der Waals surface area contributed by atoms with Crippen LogP contribution < -0.4 is 15.8 Å². The number of hydrogen-bond donors (Lipinski definition) is 2. The van der Waals surface area contributed by atoms with Crippen molar-refractivity contribution in [2.45, 2.75) is 57.1 Å². The van der Waals surface area contributed by atoms with Gasteiger partial charge in [-0.15, -0.1) is 0 Å². The van der Waals surface area contributed by atoms with Crippen LogP contribution in [0.5, 0.6) is 5.75 Å². The smallest absolute Gasteiger partial charge is 0.227 e. The first kappa shape index (κ1) is 21.3. The van der Waals surface area contributed by atoms with Crippen molar-refractivity contribution in [3.8, 4) is 11.4 Å². The van der Waals surface area contributed by atoms with E-state index in [-0.39, 0.29) is 30.4 Å². The second-order valence-electron chi connectivity index (χ2n) is 7.43. The highest BCUT2D eigenvalue weighted by Crippen LogP contribution is 2.34. The summed E-state index contributed by atoms with van der Waals surface area (Å²) in [6.07, 6.45) is 3.83. The molecule has 0 radical (unpaired) electrons. The number of likely N-dealkylation sites (N-methyl/N-ethyl adjacent to an activating group) is 1. The van der Waals surface area contributed by atoms with Crippen LogP contribution in [0.25, 0.3) is 5.69 Å². The molecule has 1 heterocycles. The van der Waals surface area contributed by atoms with Gasteiger partial charge < -0.3 is 20.5 Å². The third-order valence-electron chi connectivity index (χ3n) is 5.33. The third kappa shape index (κ3) is 5.13. The van der Waals surface area contributed by atoms with Crippen LogP contribution in [-0.4, -0.2) is 53.6 Å². The molecular formula is C21H31N5O3. The highest BCUT2D eigenvalue weighted by Gasteiger charge is 2.32. The van der Waals surface area contributed by atoms with Crippen molar-refractivity contribution in [1.29, 1.82) is 0 Å². The first-order chi connectivity index (χ1) is 14.0. The van der Waals surface area contributed by atoms with E-state index in [1.807, 2.05) is 28.9 Å². The molecule has 0 aliphatic heterocycles. The number of nitrogens with two attached hydrogens (primary N) is 1. The minimum atomic E-state index is -0.114. The molecule has 3 N–H and O–H groups in total. The van der Waals surface area contributed by atoms with Gasteiger partial charge in [0.25, 0.3) is 0 Å². The van der Waals surface area contributed by atoms with Crippen LogP contribution in [0.4, 0.5) is 0 Å². The number of nitrogens with one attached hydrogen (secondary N) is 1. The molecule has 8 heteroatoms. The lowest BCUT2D eigenvalue weighted by molar-refractivity contribution is -0.120. The van der Waals surface area contributed by atoms with Crippen LogP contribution >= 0.6 is 0 Å². The molecule has 3 rings (SSSR count). The Labute approximate surface area is 171 Å². The molecule has 1 aromatic heterocycles. The quantitative estimate of drug-likeness (QED) is 0.701. The molecule has 1 saturated carbocycles. The van der Waals surface area contributed by atoms with Crippen LogP contribution in [0.2, 0.25) is 0 Å². The minimum absolute atomic E-state index is 0.0382. The van der Waals surface area contributed by atoms with Gasteiger partial charge in [0, 0.05) is 25.6 Å². The van der Waals surface area contributed by atoms with Gasteiger partial charge in [0.05, 0.1) is 25.3 Å². The summed E-state index contributed by atoms with van der Waals surface area (Å²) in [6.45, 7) is 2.84. The van der Waals surface area contributed by atoms with Gasteiger partial charge in [-0.25, -0.2) is 9.67 Å². The van der Waals surface area contributed by atoms with Crippen LogP contribution in [0, 0.1) is 0 Å². The van der Waals surface area contributed by atoms with E-state index < -0.39 is 0 Å². The first-order valence-corrected chi connectivity index (χ1v) is 10.2. The Bertz CT molecular complexity index is 805. The summed E-state index contributed by atoms with van der Waals surface area (Å²) in [4.78, 5) is 16.6. The molecule has 0 saturated heterocycles. The fourth-order valence-electron chi connectivity index (χ4n) is 3.74. The first-order valence-electron chi connectivity index (χ1n) is 10.2. The van der Waals surface area contributed by atoms with Gasteiger partial charge in [-0.2, -0.15) is 5.10 Å². The van der Waals surface area contributed by atoms with E-state index in [1.165, 1.54) is 0 Å². The van der Waals surface area contributed by atoms with E-state index in [9.17, 15) is 4.79 Å². The Morgan fingerprint density at radius 1 is 1.31 bits per heavy atom. The van der Waals surface area contributed by atoms with E-state index in [4.69, 9.17) is 20.2 Å². The SMILES string of the molecule is CCCO[C@@H]1CC[C@H](c2nc(CC(=O)NC)nn2-c2ccc(OC)cc2)C[C@H]1N. The number of ether oxygens (including phenoxy) is 2. The summed E-state index contributed by atoms with van der Waals surface area (Å²) in [6, 6.07) is 7.62. The van der Waals surface area contributed by atoms with Crippen molar-refractivity contribution in [2.75, 3.05) is 20.8 Å². The fraction of sp³-hybridized carbons (Fsp3) is 0.571. The summed E-state index contributed by atoms with van der Waals surface area (Å²) in [5.74, 6) is 2.18. The lowest BCUT2D eigenvalue weighted by Crippen LogP contribution is -2.42. The molecule has 2 aromatic rings. The lowest BCUT2D eigenvalue weighted by Gasteiger charge is -2.33. The predicted molar refractivity (Wildman–Crippen MR) is 110 cm³/mol. The summed E-state index contributed by atoms with van der Waals surface area (Å²) in [5, 5.41) is 7.25. The van der Waals surface area contributed by atoms with Crippen LogP contribution in [-0.2, 0) is 16.0 Å². The summed E-state index contributed by atoms with van der Waals surface area (Å²) in [7, 11) is 3.25. The summed E-state index contributed by atoms with van der Waals surface area (Å²) >= 11 is 0. The minimum Gasteiger partial charge on any atom is -0.497 e. The Morgan fingerprint density at radius 2 is 2.07 bits per heavy atom. The molecule has 0 unspecified atom stereocenters. The Balaban J connectivity index is 1.86. The number of carbonyl (C=O) groups excluding carboxylic acids is 1. The number of amides is 1. The fourth-order valence-corrected chi connectivity index (χ4v) is 3.74. The van der Waals surface area contributed by atoms with Crippen molar-refractivity contribution in [2.24, 2.45) is 5.73 Å². The van der Waals surface area contributed by atoms with Gasteiger partial charge in [0.1, 0.15) is 11.6 Å². The van der Waals surface area contributed by atoms with E-state index >= 15 is 0 Å². The van der Waals surface area contributed by atoms with E-state index in [0.717, 1.165) is 49.6 Å². The Hall–Kier alpha value is -2.45. The molecule has 1 amide bonds. The molecule has 1 fully saturated rings. The number of hydrogen-bond acceptors (Lipinski definition) is 6. The molecule has 8 nitrogen and oxygen atoms in total. The lowest BCUT2D eigenvalue weighted by atomic mass is 9.83. The molecule has 0 spiro atoms. The van der Waals surface area contributed by atoms with Gasteiger partial charge >= 0.3 is 0 Å². The molecule has 3 atom stereocenters. The zero-order chi connectivity index (χ0) is 20.8. The molecule has 1 aliphatic rings. The van der Waals surface area contributed by atoms with Crippen molar-refractivity contribution < 1.29 is 14.3 Å². The number of methoxy groups -OCH3 is 1. The maximum Gasteiger partial charge on any atom is 0.227 e. The Kier molecular flexibility index (Phi) is 7.22. The summed E-state index contributed by atoms with van der Waals surface area (Å²) in [5.41, 5.74) is 7.30. The highest BCUT2D eigenvalue weighted by molar-refractivity contribution is 5.77. The van der Waals surface area contributed by atoms with Crippen molar-refractivity contribution >= 4 is 5.91 Å². The molecule has 29 heavy (non-hydrogen) atoms. The van der Waals surface area contributed by atoms with Gasteiger partial charge in [-0.05, 0) is 49.9 Å². The van der Waals surface area contributed by atoms with E-state index in [0.29, 0.717) is 5.82 Å². The van der Waals surface area contributed by atoms with Crippen molar-refractivity contribution in [3.05, 3.63) is 35.9 Å². The number of nitrogens with zero attached hydrogens (tertiary/aromatic N) is 3. The number of carbonyl (C=O) groups is 1. The number of aromatic nitrogens is 3. The number of rotatable bonds is 8. The molecular weight excluding hydrogens is 370 g/mol. The highest BCUT2D eigenvalue weighted by atomic mass is 16.5. The van der Waals surface area contributed by atoms with E-state index in [1.54, 1.807) is 14.2 Å². The maximum absolute atomic E-state index is 11.8. The van der Waals surface area contributed by atoms with Crippen LogP contribution in [0.15, 0.2) is 24.3 Å². The topological polar surface area (TPSA) is 104 Å². The third-order valence-corrected chi connectivity index (χ3v) is 5.33. The monoisotopic (exact) mass is 401 g/mol. The van der Waals surface area contributed by atoms with Crippen molar-refractivity contribution in [3.63, 3.8) is 0 Å². The molecule has 158 valence electrons. The predicted octanol–water partition coefficient (Wildman–Crippen LogP) is 1.95. The Morgan fingerprint density at radius 3 is 2.69 bits per heavy atom. The standard InChI is InChI=1S/C21H31N5O3/c1-4-11-29-18-10-5-14(12-17(18)22)21-24-19(13-20(27)23-2)25-26(21)15-6-8-16(28-3)9-7-15/h6-9,14,17-18H,4-5,10-13,22H2,1-3H3,(H,23,27)/t14-,17+,18+/m0/s1. The molecule has 1 aromatic carbocycles. The second kappa shape index (κ2) is 9.84. The average Bonchev–Trinajstić information content (AvgIpc) is 3.16. The zero-order valence-corrected chi connectivity index (χ0v) is 17.4. The average molecular weight is 402 g/mol.